The van der Waals surface area contributed by atoms with Crippen LogP contribution in [-0.4, -0.2) is 73.2 Å². The molecular formula is C17H29N3OS. The summed E-state index contributed by atoms with van der Waals surface area (Å²) in [5.74, 6) is 2.04. The third-order valence-corrected chi connectivity index (χ3v) is 5.84. The number of nitrogens with zero attached hydrogens (tertiary/aromatic N) is 3. The molecule has 3 aliphatic rings. The molecule has 0 aromatic rings. The number of allylic oxidation sites excluding steroid dienone is 2. The normalized spacial score (nSPS) is 26.7. The lowest BCUT2D eigenvalue weighted by molar-refractivity contribution is 0.0356. The summed E-state index contributed by atoms with van der Waals surface area (Å²) < 4.78 is 5.45. The van der Waals surface area contributed by atoms with Crippen molar-refractivity contribution in [2.45, 2.75) is 25.7 Å². The van der Waals surface area contributed by atoms with Gasteiger partial charge < -0.3 is 9.64 Å². The molecule has 0 amide bonds. The van der Waals surface area contributed by atoms with E-state index < -0.39 is 0 Å². The minimum absolute atomic E-state index is 0.805. The highest BCUT2D eigenvalue weighted by Gasteiger charge is 2.21. The molecule has 0 saturated carbocycles. The van der Waals surface area contributed by atoms with Crippen LogP contribution < -0.4 is 0 Å². The summed E-state index contributed by atoms with van der Waals surface area (Å²) >= 11 is 1.96. The second-order valence-corrected chi connectivity index (χ2v) is 7.48. The van der Waals surface area contributed by atoms with Gasteiger partial charge in [-0.25, -0.2) is 0 Å². The summed E-state index contributed by atoms with van der Waals surface area (Å²) in [6.45, 7) is 8.41. The number of morpholine rings is 1. The van der Waals surface area contributed by atoms with Gasteiger partial charge in [-0.1, -0.05) is 23.9 Å². The van der Waals surface area contributed by atoms with Gasteiger partial charge in [0.1, 0.15) is 0 Å². The molecule has 1 unspecified atom stereocenters. The van der Waals surface area contributed by atoms with E-state index in [9.17, 15) is 0 Å². The van der Waals surface area contributed by atoms with E-state index in [1.54, 1.807) is 0 Å². The number of thioether (sulfide) groups is 1. The summed E-state index contributed by atoms with van der Waals surface area (Å²) in [7, 11) is 0. The Kier molecular flexibility index (Phi) is 6.64. The van der Waals surface area contributed by atoms with E-state index in [1.165, 1.54) is 43.1 Å². The Balaban J connectivity index is 1.55. The average Bonchev–Trinajstić information content (AvgIpc) is 2.61. The molecule has 5 heteroatoms. The van der Waals surface area contributed by atoms with Gasteiger partial charge in [-0.15, -0.1) is 0 Å². The summed E-state index contributed by atoms with van der Waals surface area (Å²) in [6, 6.07) is 0. The van der Waals surface area contributed by atoms with Crippen LogP contribution in [0, 0.1) is 5.92 Å². The smallest absolute Gasteiger partial charge is 0.159 e. The summed E-state index contributed by atoms with van der Waals surface area (Å²) in [5.41, 5.74) is 0. The molecule has 4 nitrogen and oxygen atoms in total. The fourth-order valence-electron chi connectivity index (χ4n) is 3.33. The Labute approximate surface area is 139 Å². The van der Waals surface area contributed by atoms with Crippen molar-refractivity contribution in [3.8, 4) is 0 Å². The lowest BCUT2D eigenvalue weighted by atomic mass is 9.94. The molecule has 0 aromatic carbocycles. The fraction of sp³-hybridized carbons (Fsp3) is 0.824. The van der Waals surface area contributed by atoms with Gasteiger partial charge in [-0.2, -0.15) is 0 Å². The third-order valence-electron chi connectivity index (χ3n) is 4.70. The van der Waals surface area contributed by atoms with Crippen LogP contribution in [0.5, 0.6) is 0 Å². The zero-order valence-corrected chi connectivity index (χ0v) is 14.4. The number of aliphatic imine (C=N–C) groups is 1. The van der Waals surface area contributed by atoms with Gasteiger partial charge in [0.05, 0.1) is 13.2 Å². The second-order valence-electron chi connectivity index (χ2n) is 6.42. The van der Waals surface area contributed by atoms with Crippen LogP contribution in [-0.2, 0) is 4.74 Å². The van der Waals surface area contributed by atoms with E-state index in [1.807, 2.05) is 11.8 Å². The average molecular weight is 324 g/mol. The van der Waals surface area contributed by atoms with Crippen molar-refractivity contribution >= 4 is 16.9 Å². The maximum Gasteiger partial charge on any atom is 0.159 e. The van der Waals surface area contributed by atoms with Gasteiger partial charge in [0, 0.05) is 45.0 Å². The van der Waals surface area contributed by atoms with Crippen LogP contribution >= 0.6 is 11.8 Å². The van der Waals surface area contributed by atoms with Crippen molar-refractivity contribution in [1.29, 1.82) is 0 Å². The lowest BCUT2D eigenvalue weighted by Crippen LogP contribution is -2.44. The molecule has 1 saturated heterocycles. The Bertz CT molecular complexity index is 393. The predicted molar refractivity (Wildman–Crippen MR) is 94.7 cm³/mol. The zero-order valence-electron chi connectivity index (χ0n) is 13.6. The van der Waals surface area contributed by atoms with E-state index in [0.717, 1.165) is 51.9 Å². The van der Waals surface area contributed by atoms with E-state index in [2.05, 4.69) is 22.0 Å². The van der Waals surface area contributed by atoms with Crippen LogP contribution in [0.4, 0.5) is 0 Å². The van der Waals surface area contributed by atoms with Gasteiger partial charge in [0.25, 0.3) is 0 Å². The molecule has 0 aromatic heterocycles. The fourth-order valence-corrected chi connectivity index (χ4v) is 4.31. The van der Waals surface area contributed by atoms with Crippen LogP contribution in [0.15, 0.2) is 17.1 Å². The van der Waals surface area contributed by atoms with Crippen molar-refractivity contribution in [3.05, 3.63) is 12.2 Å². The van der Waals surface area contributed by atoms with Gasteiger partial charge in [0.15, 0.2) is 5.17 Å². The SMILES string of the molecule is C1=CCC(CN(CCN2CCOCC2)C2=NCCCS2)CC1. The maximum absolute atomic E-state index is 5.45. The van der Waals surface area contributed by atoms with E-state index in [0.29, 0.717) is 0 Å². The number of ether oxygens (including phenoxy) is 1. The molecule has 0 bridgehead atoms. The van der Waals surface area contributed by atoms with Gasteiger partial charge >= 0.3 is 0 Å². The number of hydrogen-bond donors (Lipinski definition) is 0. The molecule has 1 atom stereocenters. The summed E-state index contributed by atoms with van der Waals surface area (Å²) in [5, 5.41) is 1.30. The molecule has 0 spiro atoms. The molecule has 3 rings (SSSR count). The molecule has 2 heterocycles. The predicted octanol–water partition coefficient (Wildman–Crippen LogP) is 2.47. The summed E-state index contributed by atoms with van der Waals surface area (Å²) in [4.78, 5) is 9.91. The monoisotopic (exact) mass is 323 g/mol. The first-order valence-electron chi connectivity index (χ1n) is 8.79. The number of hydrogen-bond acceptors (Lipinski definition) is 5. The Morgan fingerprint density at radius 3 is 2.95 bits per heavy atom. The molecule has 22 heavy (non-hydrogen) atoms. The highest BCUT2D eigenvalue weighted by molar-refractivity contribution is 8.13. The Morgan fingerprint density at radius 1 is 1.32 bits per heavy atom. The molecule has 1 fully saturated rings. The van der Waals surface area contributed by atoms with Crippen molar-refractivity contribution in [2.24, 2.45) is 10.9 Å². The first-order valence-corrected chi connectivity index (χ1v) is 9.77. The Hall–Kier alpha value is -0.520. The van der Waals surface area contributed by atoms with Crippen LogP contribution in [0.25, 0.3) is 0 Å². The zero-order chi connectivity index (χ0) is 15.0. The highest BCUT2D eigenvalue weighted by atomic mass is 32.2. The Morgan fingerprint density at radius 2 is 2.23 bits per heavy atom. The van der Waals surface area contributed by atoms with Crippen molar-refractivity contribution < 1.29 is 4.74 Å². The summed E-state index contributed by atoms with van der Waals surface area (Å²) in [6.07, 6.45) is 9.76. The quantitative estimate of drug-likeness (QED) is 0.727. The standard InChI is InChI=1S/C17H29N3OS/c1-2-5-16(6-3-1)15-20(17-18-7-4-14-22-17)9-8-19-10-12-21-13-11-19/h1-2,16H,3-15H2. The van der Waals surface area contributed by atoms with Gasteiger partial charge in [0.2, 0.25) is 0 Å². The van der Waals surface area contributed by atoms with E-state index in [4.69, 9.17) is 9.73 Å². The molecule has 0 N–H and O–H groups in total. The van der Waals surface area contributed by atoms with E-state index in [-0.39, 0.29) is 0 Å². The van der Waals surface area contributed by atoms with Crippen LogP contribution in [0.1, 0.15) is 25.7 Å². The molecular weight excluding hydrogens is 294 g/mol. The van der Waals surface area contributed by atoms with Crippen molar-refractivity contribution in [3.63, 3.8) is 0 Å². The van der Waals surface area contributed by atoms with Crippen molar-refractivity contribution in [2.75, 3.05) is 58.2 Å². The maximum atomic E-state index is 5.45. The first-order chi connectivity index (χ1) is 10.9. The molecule has 2 aliphatic heterocycles. The minimum atomic E-state index is 0.805. The number of amidine groups is 1. The minimum Gasteiger partial charge on any atom is -0.379 e. The van der Waals surface area contributed by atoms with E-state index >= 15 is 0 Å². The first kappa shape index (κ1) is 16.3. The third kappa shape index (κ3) is 5.00. The largest absolute Gasteiger partial charge is 0.379 e. The topological polar surface area (TPSA) is 28.1 Å². The molecule has 1 aliphatic carbocycles. The van der Waals surface area contributed by atoms with Crippen LogP contribution in [0.2, 0.25) is 0 Å². The highest BCUT2D eigenvalue weighted by Crippen LogP contribution is 2.23. The molecule has 0 radical (unpaired) electrons. The lowest BCUT2D eigenvalue weighted by Gasteiger charge is -2.34. The second kappa shape index (κ2) is 8.94. The van der Waals surface area contributed by atoms with Gasteiger partial charge in [-0.3, -0.25) is 9.89 Å². The van der Waals surface area contributed by atoms with Gasteiger partial charge in [-0.05, 0) is 31.6 Å². The van der Waals surface area contributed by atoms with Crippen LogP contribution in [0.3, 0.4) is 0 Å². The number of rotatable bonds is 5. The molecule has 124 valence electrons. The van der Waals surface area contributed by atoms with Crippen molar-refractivity contribution in [1.82, 2.24) is 9.80 Å².